The van der Waals surface area contributed by atoms with Crippen LogP contribution in [0.2, 0.25) is 0 Å². The van der Waals surface area contributed by atoms with E-state index in [-0.39, 0.29) is 5.91 Å². The SMILES string of the molecule is CC(=O)NC(CCCCN=[N+]=[N-])(CCc1ccccc1)C(N)=O. The molecule has 124 valence electrons. The molecule has 0 aliphatic carbocycles. The lowest BCUT2D eigenvalue weighted by molar-refractivity contribution is -0.131. The van der Waals surface area contributed by atoms with Crippen LogP contribution in [0.15, 0.2) is 35.4 Å². The van der Waals surface area contributed by atoms with Gasteiger partial charge in [0.15, 0.2) is 0 Å². The number of benzene rings is 1. The average molecular weight is 317 g/mol. The fourth-order valence-electron chi connectivity index (χ4n) is 2.55. The molecule has 0 aliphatic rings. The third kappa shape index (κ3) is 6.40. The van der Waals surface area contributed by atoms with Gasteiger partial charge in [-0.1, -0.05) is 41.9 Å². The van der Waals surface area contributed by atoms with Crippen LogP contribution in [0, 0.1) is 0 Å². The van der Waals surface area contributed by atoms with Gasteiger partial charge in [-0.05, 0) is 36.8 Å². The number of carbonyl (C=O) groups is 2. The molecule has 0 saturated carbocycles. The zero-order valence-corrected chi connectivity index (χ0v) is 13.4. The number of carbonyl (C=O) groups excluding carboxylic acids is 2. The Kier molecular flexibility index (Phi) is 7.63. The van der Waals surface area contributed by atoms with Crippen molar-refractivity contribution in [3.05, 3.63) is 46.3 Å². The zero-order valence-electron chi connectivity index (χ0n) is 13.4. The first-order chi connectivity index (χ1) is 11.0. The van der Waals surface area contributed by atoms with Crippen molar-refractivity contribution in [3.8, 4) is 0 Å². The molecule has 7 nitrogen and oxygen atoms in total. The fourth-order valence-corrected chi connectivity index (χ4v) is 2.55. The van der Waals surface area contributed by atoms with E-state index in [0.717, 1.165) is 5.56 Å². The number of aryl methyl sites for hydroxylation is 1. The van der Waals surface area contributed by atoms with Crippen molar-refractivity contribution in [2.75, 3.05) is 6.54 Å². The second-order valence-electron chi connectivity index (χ2n) is 5.52. The van der Waals surface area contributed by atoms with Crippen molar-refractivity contribution in [2.45, 2.75) is 44.6 Å². The molecule has 7 heteroatoms. The first-order valence-corrected chi connectivity index (χ1v) is 7.63. The van der Waals surface area contributed by atoms with Crippen molar-refractivity contribution in [1.82, 2.24) is 5.32 Å². The summed E-state index contributed by atoms with van der Waals surface area (Å²) in [6.07, 6.45) is 2.78. The molecule has 1 aromatic rings. The van der Waals surface area contributed by atoms with E-state index in [1.165, 1.54) is 6.92 Å². The molecule has 1 rings (SSSR count). The molecule has 0 radical (unpaired) electrons. The highest BCUT2D eigenvalue weighted by molar-refractivity contribution is 5.89. The highest BCUT2D eigenvalue weighted by atomic mass is 16.2. The predicted molar refractivity (Wildman–Crippen MR) is 88.4 cm³/mol. The number of unbranched alkanes of at least 4 members (excludes halogenated alkanes) is 1. The number of nitrogens with zero attached hydrogens (tertiary/aromatic N) is 3. The van der Waals surface area contributed by atoms with Crippen molar-refractivity contribution in [1.29, 1.82) is 0 Å². The van der Waals surface area contributed by atoms with E-state index in [0.29, 0.717) is 38.6 Å². The van der Waals surface area contributed by atoms with Crippen LogP contribution in [-0.2, 0) is 16.0 Å². The van der Waals surface area contributed by atoms with Gasteiger partial charge in [-0.25, -0.2) is 0 Å². The second kappa shape index (κ2) is 9.48. The highest BCUT2D eigenvalue weighted by Crippen LogP contribution is 2.22. The summed E-state index contributed by atoms with van der Waals surface area (Å²) >= 11 is 0. The Morgan fingerprint density at radius 1 is 1.26 bits per heavy atom. The lowest BCUT2D eigenvalue weighted by Gasteiger charge is -2.31. The molecule has 23 heavy (non-hydrogen) atoms. The molecule has 1 unspecified atom stereocenters. The first kappa shape index (κ1) is 18.5. The normalized spacial score (nSPS) is 12.7. The van der Waals surface area contributed by atoms with Crippen molar-refractivity contribution in [2.24, 2.45) is 10.8 Å². The van der Waals surface area contributed by atoms with Gasteiger partial charge in [0, 0.05) is 18.4 Å². The third-order valence-corrected chi connectivity index (χ3v) is 3.75. The Bertz CT molecular complexity index is 569. The minimum absolute atomic E-state index is 0.285. The highest BCUT2D eigenvalue weighted by Gasteiger charge is 2.36. The third-order valence-electron chi connectivity index (χ3n) is 3.75. The van der Waals surface area contributed by atoms with Crippen LogP contribution in [0.4, 0.5) is 0 Å². The summed E-state index contributed by atoms with van der Waals surface area (Å²) in [5.74, 6) is -0.820. The van der Waals surface area contributed by atoms with Crippen LogP contribution in [0.25, 0.3) is 10.4 Å². The van der Waals surface area contributed by atoms with Crippen LogP contribution in [0.1, 0.15) is 38.2 Å². The molecule has 0 aliphatic heterocycles. The van der Waals surface area contributed by atoms with Gasteiger partial charge in [-0.15, -0.1) is 0 Å². The van der Waals surface area contributed by atoms with Crippen molar-refractivity contribution in [3.63, 3.8) is 0 Å². The van der Waals surface area contributed by atoms with Gasteiger partial charge >= 0.3 is 0 Å². The second-order valence-corrected chi connectivity index (χ2v) is 5.52. The summed E-state index contributed by atoms with van der Waals surface area (Å²) in [6.45, 7) is 1.74. The van der Waals surface area contributed by atoms with Crippen molar-refractivity contribution >= 4 is 11.8 Å². The van der Waals surface area contributed by atoms with Gasteiger partial charge in [-0.3, -0.25) is 9.59 Å². The van der Waals surface area contributed by atoms with E-state index in [9.17, 15) is 9.59 Å². The summed E-state index contributed by atoms with van der Waals surface area (Å²) in [7, 11) is 0. The maximum Gasteiger partial charge on any atom is 0.243 e. The fraction of sp³-hybridized carbons (Fsp3) is 0.500. The Morgan fingerprint density at radius 2 is 1.96 bits per heavy atom. The predicted octanol–water partition coefficient (Wildman–Crippen LogP) is 2.46. The van der Waals surface area contributed by atoms with Gasteiger partial charge in [0.05, 0.1) is 0 Å². The van der Waals surface area contributed by atoms with E-state index >= 15 is 0 Å². The van der Waals surface area contributed by atoms with Gasteiger partial charge in [0.2, 0.25) is 11.8 Å². The largest absolute Gasteiger partial charge is 0.368 e. The number of nitrogens with one attached hydrogen (secondary N) is 1. The minimum Gasteiger partial charge on any atom is -0.368 e. The maximum absolute atomic E-state index is 12.0. The number of primary amides is 1. The van der Waals surface area contributed by atoms with E-state index in [1.54, 1.807) is 0 Å². The molecule has 0 heterocycles. The summed E-state index contributed by atoms with van der Waals surface area (Å²) in [6, 6.07) is 9.73. The molecular formula is C16H23N5O2. The smallest absolute Gasteiger partial charge is 0.243 e. The zero-order chi connectivity index (χ0) is 17.1. The lowest BCUT2D eigenvalue weighted by Crippen LogP contribution is -2.57. The van der Waals surface area contributed by atoms with Gasteiger partial charge < -0.3 is 11.1 Å². The van der Waals surface area contributed by atoms with Crippen LogP contribution in [0.5, 0.6) is 0 Å². The van der Waals surface area contributed by atoms with Crippen LogP contribution < -0.4 is 11.1 Å². The Morgan fingerprint density at radius 3 is 2.52 bits per heavy atom. The van der Waals surface area contributed by atoms with E-state index in [4.69, 9.17) is 11.3 Å². The molecule has 3 N–H and O–H groups in total. The van der Waals surface area contributed by atoms with Gasteiger partial charge in [-0.2, -0.15) is 0 Å². The molecule has 0 saturated heterocycles. The number of rotatable bonds is 10. The standard InChI is InChI=1S/C16H23N5O2/c1-13(22)20-16(15(17)23,10-5-6-12-19-21-18)11-9-14-7-3-2-4-8-14/h2-4,7-8H,5-6,9-12H2,1H3,(H2,17,23)(H,20,22). The van der Waals surface area contributed by atoms with Crippen LogP contribution in [0.3, 0.4) is 0 Å². The minimum atomic E-state index is -1.07. The average Bonchev–Trinajstić information content (AvgIpc) is 2.52. The Balaban J connectivity index is 2.77. The Hall–Kier alpha value is -2.53. The maximum atomic E-state index is 12.0. The number of amides is 2. The quantitative estimate of drug-likeness (QED) is 0.298. The molecule has 0 bridgehead atoms. The molecule has 1 aromatic carbocycles. The molecule has 0 aromatic heterocycles. The first-order valence-electron chi connectivity index (χ1n) is 7.63. The van der Waals surface area contributed by atoms with E-state index in [2.05, 4.69) is 15.3 Å². The monoisotopic (exact) mass is 317 g/mol. The molecular weight excluding hydrogens is 294 g/mol. The topological polar surface area (TPSA) is 121 Å². The van der Waals surface area contributed by atoms with Crippen molar-refractivity contribution < 1.29 is 9.59 Å². The van der Waals surface area contributed by atoms with Crippen LogP contribution in [-0.4, -0.2) is 23.9 Å². The number of hydrogen-bond donors (Lipinski definition) is 2. The van der Waals surface area contributed by atoms with Gasteiger partial charge in [0.25, 0.3) is 0 Å². The molecule has 2 amide bonds. The number of azide groups is 1. The summed E-state index contributed by atoms with van der Waals surface area (Å²) < 4.78 is 0. The summed E-state index contributed by atoms with van der Waals surface area (Å²) in [4.78, 5) is 26.2. The van der Waals surface area contributed by atoms with E-state index < -0.39 is 11.4 Å². The molecule has 0 spiro atoms. The molecule has 0 fully saturated rings. The molecule has 1 atom stereocenters. The summed E-state index contributed by atoms with van der Waals surface area (Å²) in [5, 5.41) is 6.20. The van der Waals surface area contributed by atoms with Crippen LogP contribution >= 0.6 is 0 Å². The number of nitrogens with two attached hydrogens (primary N) is 1. The van der Waals surface area contributed by atoms with Gasteiger partial charge in [0.1, 0.15) is 5.54 Å². The number of hydrogen-bond acceptors (Lipinski definition) is 3. The summed E-state index contributed by atoms with van der Waals surface area (Å²) in [5.41, 5.74) is 13.9. The van der Waals surface area contributed by atoms with E-state index in [1.807, 2.05) is 30.3 Å². The Labute approximate surface area is 135 Å². The lowest BCUT2D eigenvalue weighted by atomic mass is 9.85.